The Morgan fingerprint density at radius 3 is 2.37 bits per heavy atom. The summed E-state index contributed by atoms with van der Waals surface area (Å²) < 4.78 is 0. The number of para-hydroxylation sites is 1. The number of amides is 3. The van der Waals surface area contributed by atoms with E-state index in [1.165, 1.54) is 0 Å². The molecule has 0 bridgehead atoms. The molecule has 186 valence electrons. The summed E-state index contributed by atoms with van der Waals surface area (Å²) in [6.07, 6.45) is 0.920. The summed E-state index contributed by atoms with van der Waals surface area (Å²) in [6, 6.07) is 14.6. The fourth-order valence-electron chi connectivity index (χ4n) is 4.78. The molecule has 3 amide bonds. The highest BCUT2D eigenvalue weighted by molar-refractivity contribution is 6.36. The van der Waals surface area contributed by atoms with Crippen LogP contribution in [0.5, 0.6) is 0 Å². The second-order valence-electron chi connectivity index (χ2n) is 9.55. The summed E-state index contributed by atoms with van der Waals surface area (Å²) in [5.74, 6) is -0.0840. The van der Waals surface area contributed by atoms with Crippen molar-refractivity contribution in [3.63, 3.8) is 0 Å². The zero-order valence-corrected chi connectivity index (χ0v) is 21.5. The van der Waals surface area contributed by atoms with Crippen LogP contribution in [0, 0.1) is 5.92 Å². The van der Waals surface area contributed by atoms with Gasteiger partial charge in [0.15, 0.2) is 0 Å². The van der Waals surface area contributed by atoms with E-state index < -0.39 is 5.54 Å². The maximum atomic E-state index is 13.7. The highest BCUT2D eigenvalue weighted by Gasteiger charge is 2.54. The molecule has 2 fully saturated rings. The number of rotatable bonds is 6. The Morgan fingerprint density at radius 1 is 1.06 bits per heavy atom. The van der Waals surface area contributed by atoms with Crippen molar-refractivity contribution in [2.75, 3.05) is 37.7 Å². The van der Waals surface area contributed by atoms with E-state index in [2.05, 4.69) is 10.2 Å². The van der Waals surface area contributed by atoms with Crippen molar-refractivity contribution < 1.29 is 14.4 Å². The van der Waals surface area contributed by atoms with E-state index in [-0.39, 0.29) is 24.3 Å². The number of carbonyl (C=O) groups is 3. The van der Waals surface area contributed by atoms with E-state index in [1.807, 2.05) is 44.2 Å². The van der Waals surface area contributed by atoms with Gasteiger partial charge in [0.1, 0.15) is 12.1 Å². The zero-order valence-electron chi connectivity index (χ0n) is 20.0. The molecule has 7 nitrogen and oxygen atoms in total. The number of nitrogens with zero attached hydrogens (tertiary/aromatic N) is 3. The minimum Gasteiger partial charge on any atom is -0.354 e. The number of anilines is 1. The summed E-state index contributed by atoms with van der Waals surface area (Å²) in [4.78, 5) is 44.8. The number of carbonyl (C=O) groups excluding carboxylic acids is 3. The predicted octanol–water partition coefficient (Wildman–Crippen LogP) is 4.05. The minimum atomic E-state index is -0.805. The highest BCUT2D eigenvalue weighted by atomic mass is 35.5. The van der Waals surface area contributed by atoms with E-state index in [9.17, 15) is 14.4 Å². The molecule has 2 aromatic rings. The number of nitrogens with one attached hydrogen (secondary N) is 1. The summed E-state index contributed by atoms with van der Waals surface area (Å²) in [5, 5.41) is 3.68. The Labute approximate surface area is 216 Å². The van der Waals surface area contributed by atoms with Crippen LogP contribution in [-0.2, 0) is 9.59 Å². The zero-order chi connectivity index (χ0) is 25.2. The molecule has 1 N–H and O–H groups in total. The van der Waals surface area contributed by atoms with Gasteiger partial charge < -0.3 is 20.0 Å². The molecular formula is C26H30Cl2N4O3. The second-order valence-corrected chi connectivity index (χ2v) is 10.4. The molecule has 0 unspecified atom stereocenters. The van der Waals surface area contributed by atoms with E-state index in [0.717, 1.165) is 5.69 Å². The number of hydrogen-bond acceptors (Lipinski definition) is 4. The largest absolute Gasteiger partial charge is 0.354 e. The SMILES string of the molecule is CC(C)CNC(=O)CN1CN(c2ccccc2)C2(CCN(C(=O)c3ccc(Cl)cc3Cl)CC2)C1=O. The quantitative estimate of drug-likeness (QED) is 0.628. The van der Waals surface area contributed by atoms with Gasteiger partial charge in [-0.25, -0.2) is 0 Å². The van der Waals surface area contributed by atoms with Gasteiger partial charge in [0, 0.05) is 30.3 Å². The van der Waals surface area contributed by atoms with Crippen molar-refractivity contribution in [3.05, 3.63) is 64.1 Å². The summed E-state index contributed by atoms with van der Waals surface area (Å²) in [6.45, 7) is 5.77. The van der Waals surface area contributed by atoms with E-state index in [1.54, 1.807) is 28.0 Å². The van der Waals surface area contributed by atoms with Crippen LogP contribution in [0.4, 0.5) is 5.69 Å². The lowest BCUT2D eigenvalue weighted by molar-refractivity contribution is -0.137. The van der Waals surface area contributed by atoms with Crippen molar-refractivity contribution >= 4 is 46.6 Å². The molecule has 35 heavy (non-hydrogen) atoms. The smallest absolute Gasteiger partial charge is 0.255 e. The monoisotopic (exact) mass is 516 g/mol. The van der Waals surface area contributed by atoms with Gasteiger partial charge in [-0.3, -0.25) is 14.4 Å². The maximum absolute atomic E-state index is 13.7. The second kappa shape index (κ2) is 10.5. The molecule has 2 heterocycles. The van der Waals surface area contributed by atoms with Crippen molar-refractivity contribution in [3.8, 4) is 0 Å². The molecular weight excluding hydrogens is 487 g/mol. The van der Waals surface area contributed by atoms with Crippen LogP contribution in [0.25, 0.3) is 0 Å². The molecule has 0 atom stereocenters. The first-order valence-electron chi connectivity index (χ1n) is 11.8. The van der Waals surface area contributed by atoms with E-state index >= 15 is 0 Å². The first-order valence-corrected chi connectivity index (χ1v) is 12.6. The van der Waals surface area contributed by atoms with Gasteiger partial charge in [0.2, 0.25) is 5.91 Å². The molecule has 0 radical (unpaired) electrons. The molecule has 2 aliphatic rings. The number of hydrogen-bond donors (Lipinski definition) is 1. The Balaban J connectivity index is 1.53. The fourth-order valence-corrected chi connectivity index (χ4v) is 5.27. The number of halogens is 2. The average molecular weight is 517 g/mol. The van der Waals surface area contributed by atoms with Crippen LogP contribution in [0.1, 0.15) is 37.0 Å². The normalized spacial score (nSPS) is 17.4. The van der Waals surface area contributed by atoms with Gasteiger partial charge in [-0.05, 0) is 49.1 Å². The van der Waals surface area contributed by atoms with Crippen LogP contribution in [0.3, 0.4) is 0 Å². The lowest BCUT2D eigenvalue weighted by Crippen LogP contribution is -2.57. The van der Waals surface area contributed by atoms with Gasteiger partial charge in [-0.15, -0.1) is 0 Å². The molecule has 2 saturated heterocycles. The summed E-state index contributed by atoms with van der Waals surface area (Å²) in [5.41, 5.74) is 0.514. The van der Waals surface area contributed by atoms with Gasteiger partial charge in [0.05, 0.1) is 17.3 Å². The third-order valence-electron chi connectivity index (χ3n) is 6.66. The average Bonchev–Trinajstić information content (AvgIpc) is 3.09. The van der Waals surface area contributed by atoms with Gasteiger partial charge >= 0.3 is 0 Å². The van der Waals surface area contributed by atoms with Crippen molar-refractivity contribution in [2.45, 2.75) is 32.2 Å². The molecule has 9 heteroatoms. The Kier molecular flexibility index (Phi) is 7.57. The van der Waals surface area contributed by atoms with Gasteiger partial charge in [0.25, 0.3) is 11.8 Å². The van der Waals surface area contributed by atoms with Gasteiger partial charge in [-0.2, -0.15) is 0 Å². The van der Waals surface area contributed by atoms with Gasteiger partial charge in [-0.1, -0.05) is 55.2 Å². The molecule has 1 spiro atoms. The number of benzene rings is 2. The third kappa shape index (κ3) is 5.26. The van der Waals surface area contributed by atoms with Crippen LogP contribution in [-0.4, -0.2) is 65.9 Å². The molecule has 0 aliphatic carbocycles. The molecule has 0 saturated carbocycles. The van der Waals surface area contributed by atoms with Crippen LogP contribution >= 0.6 is 23.2 Å². The standard InChI is InChI=1S/C26H30Cl2N4O3/c1-18(2)15-29-23(33)16-31-17-32(20-6-4-3-5-7-20)26(25(31)35)10-12-30(13-11-26)24(34)21-9-8-19(27)14-22(21)28/h3-9,14,18H,10-13,15-17H2,1-2H3,(H,29,33). The number of likely N-dealkylation sites (tertiary alicyclic amines) is 1. The summed E-state index contributed by atoms with van der Waals surface area (Å²) >= 11 is 12.2. The summed E-state index contributed by atoms with van der Waals surface area (Å²) in [7, 11) is 0. The Morgan fingerprint density at radius 2 is 1.74 bits per heavy atom. The minimum absolute atomic E-state index is 0.0136. The molecule has 0 aromatic heterocycles. The third-order valence-corrected chi connectivity index (χ3v) is 7.21. The van der Waals surface area contributed by atoms with Crippen LogP contribution in [0.2, 0.25) is 10.0 Å². The molecule has 4 rings (SSSR count). The van der Waals surface area contributed by atoms with E-state index in [0.29, 0.717) is 60.7 Å². The Bertz CT molecular complexity index is 1100. The highest BCUT2D eigenvalue weighted by Crippen LogP contribution is 2.40. The van der Waals surface area contributed by atoms with Crippen LogP contribution in [0.15, 0.2) is 48.5 Å². The first-order chi connectivity index (χ1) is 16.7. The van der Waals surface area contributed by atoms with Crippen molar-refractivity contribution in [1.82, 2.24) is 15.1 Å². The maximum Gasteiger partial charge on any atom is 0.255 e. The fraction of sp³-hybridized carbons (Fsp3) is 0.423. The predicted molar refractivity (Wildman–Crippen MR) is 138 cm³/mol. The topological polar surface area (TPSA) is 73.0 Å². The first kappa shape index (κ1) is 25.3. The van der Waals surface area contributed by atoms with Crippen molar-refractivity contribution in [2.24, 2.45) is 5.92 Å². The lowest BCUT2D eigenvalue weighted by Gasteiger charge is -2.43. The molecule has 2 aliphatic heterocycles. The van der Waals surface area contributed by atoms with E-state index in [4.69, 9.17) is 23.2 Å². The number of piperidine rings is 1. The van der Waals surface area contributed by atoms with Crippen LogP contribution < -0.4 is 10.2 Å². The molecule has 2 aromatic carbocycles. The lowest BCUT2D eigenvalue weighted by atomic mass is 9.85. The Hall–Kier alpha value is -2.77. The van der Waals surface area contributed by atoms with Crippen molar-refractivity contribution in [1.29, 1.82) is 0 Å².